The van der Waals surface area contributed by atoms with Gasteiger partial charge in [-0.25, -0.2) is 24.0 Å². The van der Waals surface area contributed by atoms with Gasteiger partial charge in [0.05, 0.1) is 24.0 Å². The summed E-state index contributed by atoms with van der Waals surface area (Å²) < 4.78 is 20.5. The number of aromatic nitrogens is 7. The molecule has 0 unspecified atom stereocenters. The van der Waals surface area contributed by atoms with Gasteiger partial charge in [-0.15, -0.1) is 0 Å². The number of carbonyl (C=O) groups is 1. The largest absolute Gasteiger partial charge is 0.368 e. The van der Waals surface area contributed by atoms with Gasteiger partial charge in [0.25, 0.3) is 5.91 Å². The zero-order valence-electron chi connectivity index (χ0n) is 24.1. The fourth-order valence-electron chi connectivity index (χ4n) is 5.47. The van der Waals surface area contributed by atoms with Gasteiger partial charge >= 0.3 is 0 Å². The molecule has 0 aliphatic heterocycles. The molecule has 1 saturated carbocycles. The summed E-state index contributed by atoms with van der Waals surface area (Å²) in [4.78, 5) is 27.7. The van der Waals surface area contributed by atoms with Crippen LogP contribution in [-0.2, 0) is 9.53 Å². The molecule has 0 bridgehead atoms. The topological polar surface area (TPSA) is 136 Å². The van der Waals surface area contributed by atoms with Crippen molar-refractivity contribution in [2.45, 2.75) is 57.1 Å². The second-order valence-corrected chi connectivity index (χ2v) is 10.7. The summed E-state index contributed by atoms with van der Waals surface area (Å²) >= 11 is 0. The summed E-state index contributed by atoms with van der Waals surface area (Å²) in [6.07, 6.45) is 6.51. The summed E-state index contributed by atoms with van der Waals surface area (Å²) in [6, 6.07) is 13.1. The number of pyridine rings is 1. The number of para-hydroxylation sites is 1. The van der Waals surface area contributed by atoms with Crippen molar-refractivity contribution in [1.82, 2.24) is 40.2 Å². The van der Waals surface area contributed by atoms with Crippen molar-refractivity contribution < 1.29 is 13.9 Å². The van der Waals surface area contributed by atoms with Crippen molar-refractivity contribution >= 4 is 41.9 Å². The van der Waals surface area contributed by atoms with Crippen molar-refractivity contribution in [2.75, 3.05) is 12.4 Å². The minimum atomic E-state index is -0.949. The van der Waals surface area contributed by atoms with Crippen LogP contribution in [0.25, 0.3) is 16.7 Å². The number of amides is 1. The number of rotatable bonds is 8. The molecule has 1 aliphatic carbocycles. The molecule has 0 radical (unpaired) electrons. The first-order chi connectivity index (χ1) is 20.3. The highest BCUT2D eigenvalue weighted by Crippen LogP contribution is 2.40. The molecule has 1 aromatic carbocycles. The predicted molar refractivity (Wildman–Crippen MR) is 165 cm³/mol. The van der Waals surface area contributed by atoms with Crippen LogP contribution in [0.2, 0.25) is 0 Å². The van der Waals surface area contributed by atoms with Gasteiger partial charge in [-0.3, -0.25) is 9.89 Å². The molecular formula is C30H34FN9O2S. The number of fused-ring (bicyclic) bond motifs is 1. The molecule has 43 heavy (non-hydrogen) atoms. The van der Waals surface area contributed by atoms with Crippen molar-refractivity contribution in [3.63, 3.8) is 0 Å². The lowest BCUT2D eigenvalue weighted by molar-refractivity contribution is -0.148. The molecular weight excluding hydrogens is 569 g/mol. The Hall–Kier alpha value is -4.36. The van der Waals surface area contributed by atoms with Gasteiger partial charge in [-0.05, 0) is 63.3 Å². The van der Waals surface area contributed by atoms with E-state index < -0.39 is 11.4 Å². The normalized spacial score (nSPS) is 19.0. The molecule has 1 amide bonds. The second-order valence-electron chi connectivity index (χ2n) is 10.7. The van der Waals surface area contributed by atoms with Crippen LogP contribution in [-0.4, -0.2) is 53.5 Å². The molecule has 13 heteroatoms. The van der Waals surface area contributed by atoms with Crippen LogP contribution in [0.15, 0.2) is 61.1 Å². The van der Waals surface area contributed by atoms with E-state index in [0.29, 0.717) is 43.1 Å². The molecule has 11 nitrogen and oxygen atoms in total. The van der Waals surface area contributed by atoms with Crippen LogP contribution in [0.5, 0.6) is 0 Å². The minimum Gasteiger partial charge on any atom is -0.368 e. The Balaban J connectivity index is 0.00000368. The minimum absolute atomic E-state index is 0. The summed E-state index contributed by atoms with van der Waals surface area (Å²) in [7, 11) is 1.59. The van der Waals surface area contributed by atoms with Gasteiger partial charge in [-0.2, -0.15) is 23.7 Å². The number of carbonyl (C=O) groups excluding carboxylic acids is 1. The first-order valence-electron chi connectivity index (χ1n) is 13.9. The van der Waals surface area contributed by atoms with Crippen molar-refractivity contribution in [3.8, 4) is 5.82 Å². The van der Waals surface area contributed by atoms with Crippen molar-refractivity contribution in [2.24, 2.45) is 0 Å². The zero-order valence-corrected chi connectivity index (χ0v) is 25.1. The third-order valence-electron chi connectivity index (χ3n) is 7.94. The van der Waals surface area contributed by atoms with Crippen LogP contribution in [0.4, 0.5) is 16.0 Å². The average Bonchev–Trinajstić information content (AvgIpc) is 3.64. The number of halogens is 1. The fourth-order valence-corrected chi connectivity index (χ4v) is 5.47. The van der Waals surface area contributed by atoms with E-state index in [2.05, 4.69) is 30.9 Å². The Morgan fingerprint density at radius 3 is 2.60 bits per heavy atom. The monoisotopic (exact) mass is 603 g/mol. The van der Waals surface area contributed by atoms with E-state index in [-0.39, 0.29) is 31.4 Å². The molecule has 0 saturated heterocycles. The van der Waals surface area contributed by atoms with Gasteiger partial charge in [-0.1, -0.05) is 18.2 Å². The number of methoxy groups -OCH3 is 1. The highest BCUT2D eigenvalue weighted by Gasteiger charge is 2.43. The van der Waals surface area contributed by atoms with E-state index in [1.807, 2.05) is 50.2 Å². The van der Waals surface area contributed by atoms with Crippen LogP contribution >= 0.6 is 13.5 Å². The standard InChI is InChI=1S/C30H32FN9O2.H2S/c1-18-14-25(39-38-18)36-28-23-6-4-5-7-24(23)35-27(37-28)20-10-12-30(42-3,13-11-20)29(41)34-19(2)21-8-9-26(32-15-21)40-17-22(31)16-33-40;/h4-9,14-17,19-20H,10-13H2,1-3H3,(H,34,41)(H2,35,36,37,38,39);1H2/t19-,20?,30?;/m0./s1. The molecule has 1 fully saturated rings. The third kappa shape index (κ3) is 6.22. The number of nitrogens with one attached hydrogen (secondary N) is 3. The van der Waals surface area contributed by atoms with Gasteiger partial charge in [0.1, 0.15) is 17.2 Å². The molecule has 6 rings (SSSR count). The number of hydrogen-bond acceptors (Lipinski definition) is 8. The predicted octanol–water partition coefficient (Wildman–Crippen LogP) is 5.16. The molecule has 1 aliphatic rings. The molecule has 5 aromatic rings. The highest BCUT2D eigenvalue weighted by molar-refractivity contribution is 7.59. The quantitative estimate of drug-likeness (QED) is 0.221. The maximum absolute atomic E-state index is 13.5. The number of benzene rings is 1. The number of hydrogen-bond donors (Lipinski definition) is 3. The molecule has 3 N–H and O–H groups in total. The highest BCUT2D eigenvalue weighted by atomic mass is 32.1. The smallest absolute Gasteiger partial charge is 0.252 e. The zero-order chi connectivity index (χ0) is 29.3. The van der Waals surface area contributed by atoms with E-state index in [9.17, 15) is 9.18 Å². The van der Waals surface area contributed by atoms with Crippen LogP contribution in [0.1, 0.15) is 61.6 Å². The van der Waals surface area contributed by atoms with E-state index in [0.717, 1.165) is 34.2 Å². The van der Waals surface area contributed by atoms with Gasteiger partial charge in [0.15, 0.2) is 17.5 Å². The summed E-state index contributed by atoms with van der Waals surface area (Å²) in [5.41, 5.74) is 1.67. The number of aromatic amines is 1. The van der Waals surface area contributed by atoms with E-state index in [1.165, 1.54) is 10.9 Å². The summed E-state index contributed by atoms with van der Waals surface area (Å²) in [5, 5.41) is 18.5. The summed E-state index contributed by atoms with van der Waals surface area (Å²) in [6.45, 7) is 3.84. The van der Waals surface area contributed by atoms with Gasteiger partial charge in [0.2, 0.25) is 0 Å². The third-order valence-corrected chi connectivity index (χ3v) is 7.94. The van der Waals surface area contributed by atoms with E-state index in [4.69, 9.17) is 14.7 Å². The van der Waals surface area contributed by atoms with E-state index >= 15 is 0 Å². The number of aryl methyl sites for hydroxylation is 1. The maximum atomic E-state index is 13.5. The molecule has 1 atom stereocenters. The second kappa shape index (κ2) is 12.5. The van der Waals surface area contributed by atoms with Crippen molar-refractivity contribution in [3.05, 3.63) is 84.0 Å². The SMILES string of the molecule is COC1(C(=O)N[C@@H](C)c2ccc(-n3cc(F)cn3)nc2)CCC(c2nc(Nc3cc(C)[nH]n3)c3ccccc3n2)CC1.S. The Morgan fingerprint density at radius 2 is 1.95 bits per heavy atom. The molecule has 224 valence electrons. The lowest BCUT2D eigenvalue weighted by Gasteiger charge is -2.38. The number of anilines is 2. The number of nitrogens with zero attached hydrogens (tertiary/aromatic N) is 6. The Morgan fingerprint density at radius 1 is 1.16 bits per heavy atom. The average molecular weight is 604 g/mol. The summed E-state index contributed by atoms with van der Waals surface area (Å²) in [5.74, 6) is 2.10. The fraction of sp³-hybridized carbons (Fsp3) is 0.333. The van der Waals surface area contributed by atoms with Crippen LogP contribution < -0.4 is 10.6 Å². The lowest BCUT2D eigenvalue weighted by Crippen LogP contribution is -2.50. The van der Waals surface area contributed by atoms with Crippen LogP contribution in [0.3, 0.4) is 0 Å². The van der Waals surface area contributed by atoms with Crippen molar-refractivity contribution in [1.29, 1.82) is 0 Å². The number of ether oxygens (including phenoxy) is 1. The molecule has 4 heterocycles. The van der Waals surface area contributed by atoms with E-state index in [1.54, 1.807) is 19.4 Å². The lowest BCUT2D eigenvalue weighted by atomic mass is 9.77. The Kier molecular flexibility index (Phi) is 8.74. The number of H-pyrrole nitrogens is 1. The van der Waals surface area contributed by atoms with Gasteiger partial charge in [0, 0.05) is 36.4 Å². The first kappa shape index (κ1) is 30.1. The Bertz CT molecular complexity index is 1710. The Labute approximate surface area is 255 Å². The van der Waals surface area contributed by atoms with Crippen LogP contribution in [0, 0.1) is 12.7 Å². The molecule has 4 aromatic heterocycles. The maximum Gasteiger partial charge on any atom is 0.252 e. The molecule has 0 spiro atoms. The van der Waals surface area contributed by atoms with Gasteiger partial charge < -0.3 is 15.4 Å². The first-order valence-corrected chi connectivity index (χ1v) is 13.9.